The second kappa shape index (κ2) is 9.63. The van der Waals surface area contributed by atoms with E-state index in [1.165, 1.54) is 17.7 Å². The zero-order valence-electron chi connectivity index (χ0n) is 14.5. The Labute approximate surface area is 153 Å². The lowest BCUT2D eigenvalue weighted by Gasteiger charge is -2.20. The number of aromatic nitrogens is 2. The normalized spacial score (nSPS) is 17.4. The highest BCUT2D eigenvalue weighted by molar-refractivity contribution is 7.99. The van der Waals surface area contributed by atoms with Gasteiger partial charge in [0.2, 0.25) is 5.91 Å². The van der Waals surface area contributed by atoms with Crippen LogP contribution in [0.15, 0.2) is 47.5 Å². The van der Waals surface area contributed by atoms with Crippen molar-refractivity contribution in [3.05, 3.63) is 48.3 Å². The second-order valence-electron chi connectivity index (χ2n) is 6.35. The fourth-order valence-corrected chi connectivity index (χ4v) is 3.87. The van der Waals surface area contributed by atoms with Crippen LogP contribution in [-0.2, 0) is 11.3 Å². The number of hydrogen-bond donors (Lipinski definition) is 2. The van der Waals surface area contributed by atoms with Crippen LogP contribution in [0.2, 0.25) is 0 Å². The number of carbonyl (C=O) groups excluding carboxylic acids is 1. The Hall–Kier alpha value is -1.79. The van der Waals surface area contributed by atoms with Gasteiger partial charge in [-0.15, -0.1) is 11.8 Å². The summed E-state index contributed by atoms with van der Waals surface area (Å²) in [7, 11) is 0. The number of hydrogen-bond acceptors (Lipinski definition) is 4. The van der Waals surface area contributed by atoms with Gasteiger partial charge >= 0.3 is 0 Å². The van der Waals surface area contributed by atoms with Crippen LogP contribution < -0.4 is 10.6 Å². The second-order valence-corrected chi connectivity index (χ2v) is 7.51. The maximum atomic E-state index is 12.0. The number of nitrogens with one attached hydrogen (secondary N) is 2. The van der Waals surface area contributed by atoms with Gasteiger partial charge in [0.25, 0.3) is 0 Å². The molecular weight excluding hydrogens is 332 g/mol. The molecule has 1 atom stereocenters. The highest BCUT2D eigenvalue weighted by atomic mass is 32.2. The lowest BCUT2D eigenvalue weighted by Crippen LogP contribution is -2.30. The van der Waals surface area contributed by atoms with Crippen LogP contribution in [0.25, 0.3) is 0 Å². The van der Waals surface area contributed by atoms with Crippen LogP contribution in [0.3, 0.4) is 0 Å². The Morgan fingerprint density at radius 1 is 1.32 bits per heavy atom. The van der Waals surface area contributed by atoms with E-state index in [2.05, 4.69) is 27.9 Å². The molecule has 3 rings (SSSR count). The average Bonchev–Trinajstić information content (AvgIpc) is 3.11. The van der Waals surface area contributed by atoms with Gasteiger partial charge in [-0.3, -0.25) is 9.48 Å². The molecule has 0 unspecified atom stereocenters. The number of benzene rings is 1. The molecule has 1 aromatic carbocycles. The zero-order chi connectivity index (χ0) is 17.3. The third-order valence-electron chi connectivity index (χ3n) is 4.34. The summed E-state index contributed by atoms with van der Waals surface area (Å²) in [6, 6.07) is 12.4. The van der Waals surface area contributed by atoms with E-state index in [0.717, 1.165) is 31.0 Å². The molecule has 2 aromatic rings. The smallest absolute Gasteiger partial charge is 0.241 e. The first-order valence-electron chi connectivity index (χ1n) is 9.00. The standard InChI is InChI=1S/C19H26N4OS/c24-19(21-11-5-13-25-17-7-2-1-3-8-17)15-23-12-9-18(22-23)16-6-4-10-20-14-16/h1-3,7-9,12,16,20H,4-6,10-11,13-15H2,(H,21,24)/t16-/m1/s1. The maximum Gasteiger partial charge on any atom is 0.241 e. The van der Waals surface area contributed by atoms with E-state index >= 15 is 0 Å². The molecule has 1 fully saturated rings. The first-order chi connectivity index (χ1) is 12.3. The Bertz CT molecular complexity index is 652. The quantitative estimate of drug-likeness (QED) is 0.563. The number of nitrogens with zero attached hydrogens (tertiary/aromatic N) is 2. The molecule has 0 radical (unpaired) electrons. The predicted molar refractivity (Wildman–Crippen MR) is 102 cm³/mol. The molecule has 0 saturated carbocycles. The van der Waals surface area contributed by atoms with E-state index in [0.29, 0.717) is 19.0 Å². The van der Waals surface area contributed by atoms with Crippen molar-refractivity contribution in [3.63, 3.8) is 0 Å². The Morgan fingerprint density at radius 3 is 3.00 bits per heavy atom. The molecule has 1 aromatic heterocycles. The summed E-state index contributed by atoms with van der Waals surface area (Å²) >= 11 is 1.82. The first kappa shape index (κ1) is 18.0. The largest absolute Gasteiger partial charge is 0.354 e. The molecule has 0 bridgehead atoms. The molecule has 6 heteroatoms. The van der Waals surface area contributed by atoms with E-state index in [9.17, 15) is 4.79 Å². The zero-order valence-corrected chi connectivity index (χ0v) is 15.3. The number of rotatable bonds is 8. The third kappa shape index (κ3) is 5.90. The molecule has 1 aliphatic heterocycles. The van der Waals surface area contributed by atoms with Crippen molar-refractivity contribution in [2.24, 2.45) is 0 Å². The molecular formula is C19H26N4OS. The number of carbonyl (C=O) groups is 1. The lowest BCUT2D eigenvalue weighted by atomic mass is 9.97. The summed E-state index contributed by atoms with van der Waals surface area (Å²) < 4.78 is 1.75. The van der Waals surface area contributed by atoms with Crippen LogP contribution in [0.4, 0.5) is 0 Å². The van der Waals surface area contributed by atoms with Crippen molar-refractivity contribution in [2.45, 2.75) is 36.6 Å². The Balaban J connectivity index is 1.33. The minimum absolute atomic E-state index is 0.0288. The SMILES string of the molecule is O=C(Cn1ccc([C@@H]2CCCNC2)n1)NCCCSc1ccccc1. The molecule has 1 amide bonds. The van der Waals surface area contributed by atoms with Gasteiger partial charge in [-0.25, -0.2) is 0 Å². The predicted octanol–water partition coefficient (Wildman–Crippen LogP) is 2.65. The first-order valence-corrected chi connectivity index (χ1v) is 9.98. The van der Waals surface area contributed by atoms with Crippen LogP contribution in [0.1, 0.15) is 30.9 Å². The highest BCUT2D eigenvalue weighted by Crippen LogP contribution is 2.21. The van der Waals surface area contributed by atoms with Crippen LogP contribution in [0, 0.1) is 0 Å². The van der Waals surface area contributed by atoms with Gasteiger partial charge in [-0.2, -0.15) is 5.10 Å². The van der Waals surface area contributed by atoms with Crippen molar-refractivity contribution in [2.75, 3.05) is 25.4 Å². The monoisotopic (exact) mass is 358 g/mol. The number of piperidine rings is 1. The van der Waals surface area contributed by atoms with Crippen molar-refractivity contribution >= 4 is 17.7 Å². The molecule has 134 valence electrons. The van der Waals surface area contributed by atoms with E-state index in [4.69, 9.17) is 0 Å². The van der Waals surface area contributed by atoms with Crippen molar-refractivity contribution in [3.8, 4) is 0 Å². The minimum Gasteiger partial charge on any atom is -0.354 e. The van der Waals surface area contributed by atoms with Gasteiger partial charge in [0.1, 0.15) is 6.54 Å². The van der Waals surface area contributed by atoms with Crippen molar-refractivity contribution < 1.29 is 4.79 Å². The van der Waals surface area contributed by atoms with Gasteiger partial charge in [-0.1, -0.05) is 18.2 Å². The van der Waals surface area contributed by atoms with Crippen molar-refractivity contribution in [1.82, 2.24) is 20.4 Å². The molecule has 0 spiro atoms. The fourth-order valence-electron chi connectivity index (χ4n) is 3.00. The van der Waals surface area contributed by atoms with Crippen LogP contribution in [0.5, 0.6) is 0 Å². The highest BCUT2D eigenvalue weighted by Gasteiger charge is 2.17. The van der Waals surface area contributed by atoms with Crippen molar-refractivity contribution in [1.29, 1.82) is 0 Å². The molecule has 25 heavy (non-hydrogen) atoms. The third-order valence-corrected chi connectivity index (χ3v) is 5.44. The van der Waals surface area contributed by atoms with Gasteiger partial charge < -0.3 is 10.6 Å². The molecule has 2 N–H and O–H groups in total. The van der Waals surface area contributed by atoms with E-state index in [1.807, 2.05) is 42.2 Å². The summed E-state index contributed by atoms with van der Waals surface area (Å²) in [5.74, 6) is 1.51. The molecule has 5 nitrogen and oxygen atoms in total. The number of thioether (sulfide) groups is 1. The summed E-state index contributed by atoms with van der Waals surface area (Å²) in [6.45, 7) is 3.09. The van der Waals surface area contributed by atoms with Crippen LogP contribution in [-0.4, -0.2) is 41.1 Å². The molecule has 2 heterocycles. The lowest BCUT2D eigenvalue weighted by molar-refractivity contribution is -0.121. The van der Waals surface area contributed by atoms with Gasteiger partial charge in [0.15, 0.2) is 0 Å². The summed E-state index contributed by atoms with van der Waals surface area (Å²) in [5.41, 5.74) is 1.10. The summed E-state index contributed by atoms with van der Waals surface area (Å²) in [5, 5.41) is 11.0. The van der Waals surface area contributed by atoms with Gasteiger partial charge in [-0.05, 0) is 49.8 Å². The average molecular weight is 359 g/mol. The number of amides is 1. The topological polar surface area (TPSA) is 59.0 Å². The Morgan fingerprint density at radius 2 is 2.20 bits per heavy atom. The maximum absolute atomic E-state index is 12.0. The molecule has 0 aliphatic carbocycles. The van der Waals surface area contributed by atoms with Crippen LogP contribution >= 0.6 is 11.8 Å². The Kier molecular flexibility index (Phi) is 6.94. The fraction of sp³-hybridized carbons (Fsp3) is 0.474. The molecule has 1 aliphatic rings. The minimum atomic E-state index is 0.0288. The van der Waals surface area contributed by atoms with E-state index < -0.39 is 0 Å². The van der Waals surface area contributed by atoms with Gasteiger partial charge in [0.05, 0.1) is 5.69 Å². The van der Waals surface area contributed by atoms with E-state index in [1.54, 1.807) is 4.68 Å². The van der Waals surface area contributed by atoms with E-state index in [-0.39, 0.29) is 5.91 Å². The summed E-state index contributed by atoms with van der Waals surface area (Å²) in [6.07, 6.45) is 5.24. The summed E-state index contributed by atoms with van der Waals surface area (Å²) in [4.78, 5) is 13.3. The van der Waals surface area contributed by atoms with Gasteiger partial charge in [0, 0.05) is 30.1 Å². The molecule has 1 saturated heterocycles.